The van der Waals surface area contributed by atoms with Gasteiger partial charge in [0.1, 0.15) is 0 Å². The summed E-state index contributed by atoms with van der Waals surface area (Å²) in [5.41, 5.74) is 2.07. The zero-order valence-electron chi connectivity index (χ0n) is 19.8. The number of amides is 1. The third kappa shape index (κ3) is 5.35. The number of fused-ring (bicyclic) bond motifs is 2. The van der Waals surface area contributed by atoms with E-state index in [4.69, 9.17) is 34.8 Å². The van der Waals surface area contributed by atoms with Crippen molar-refractivity contribution in [3.63, 3.8) is 0 Å². The molecule has 1 fully saturated rings. The number of aromatic nitrogens is 1. The Bertz CT molecular complexity index is 1420. The topological polar surface area (TPSA) is 33.2 Å². The van der Waals surface area contributed by atoms with Gasteiger partial charge in [0.25, 0.3) is 0 Å². The first-order valence-electron chi connectivity index (χ1n) is 11.7. The average Bonchev–Trinajstić information content (AvgIpc) is 3.15. The Hall–Kier alpha value is -1.87. The second-order valence-corrected chi connectivity index (χ2v) is 20.3. The minimum absolute atomic E-state index is 0.00989. The maximum atomic E-state index is 14.0. The van der Waals surface area contributed by atoms with Gasteiger partial charge in [0.15, 0.2) is 0 Å². The number of allylic oxidation sites excluding steroid dienone is 1. The van der Waals surface area contributed by atoms with Gasteiger partial charge in [0.2, 0.25) is 0 Å². The molecule has 0 atom stereocenters. The molecule has 1 saturated heterocycles. The molecule has 2 aromatic carbocycles. The van der Waals surface area contributed by atoms with Gasteiger partial charge < -0.3 is 0 Å². The van der Waals surface area contributed by atoms with Crippen LogP contribution in [-0.4, -0.2) is 35.2 Å². The van der Waals surface area contributed by atoms with Gasteiger partial charge in [0, 0.05) is 0 Å². The van der Waals surface area contributed by atoms with E-state index >= 15 is 0 Å². The van der Waals surface area contributed by atoms with E-state index in [2.05, 4.69) is 9.50 Å². The quantitative estimate of drug-likeness (QED) is 0.159. The first-order chi connectivity index (χ1) is 17.6. The SMILES string of the molecule is C=I1(C/C=C/c2c(F)cccc2F)CCC2(CC1)CN(C(=O)c1cc(Cl)nc(Cl)c1)c1ccc(Cl)cc12. The molecular weight excluding hydrogens is 652 g/mol. The molecular formula is C28H24Cl3F2IN2O. The molecule has 0 radical (unpaired) electrons. The number of alkyl halides is 3. The number of pyridine rings is 1. The summed E-state index contributed by atoms with van der Waals surface area (Å²) in [6, 6.07) is 12.6. The predicted molar refractivity (Wildman–Crippen MR) is 159 cm³/mol. The van der Waals surface area contributed by atoms with Gasteiger partial charge in [-0.3, -0.25) is 0 Å². The van der Waals surface area contributed by atoms with Gasteiger partial charge >= 0.3 is 235 Å². The van der Waals surface area contributed by atoms with Crippen LogP contribution in [0.2, 0.25) is 15.3 Å². The maximum absolute atomic E-state index is 14.0. The van der Waals surface area contributed by atoms with Crippen molar-refractivity contribution in [2.45, 2.75) is 18.3 Å². The molecule has 3 heterocycles. The summed E-state index contributed by atoms with van der Waals surface area (Å²) in [7, 11) is 0. The molecule has 2 aliphatic heterocycles. The number of carbonyl (C=O) groups is 1. The second kappa shape index (κ2) is 10.4. The first-order valence-corrected chi connectivity index (χ1v) is 18.9. The Morgan fingerprint density at radius 2 is 1.70 bits per heavy atom. The molecule has 0 saturated carbocycles. The van der Waals surface area contributed by atoms with Crippen LogP contribution in [0.1, 0.15) is 34.3 Å². The molecule has 0 N–H and O–H groups in total. The number of hydrogen-bond donors (Lipinski definition) is 0. The third-order valence-corrected chi connectivity index (χ3v) is 15.8. The molecule has 194 valence electrons. The molecule has 1 amide bonds. The zero-order chi connectivity index (χ0) is 26.4. The van der Waals surface area contributed by atoms with E-state index in [0.29, 0.717) is 17.1 Å². The summed E-state index contributed by atoms with van der Waals surface area (Å²) in [6.07, 6.45) is 5.19. The van der Waals surface area contributed by atoms with E-state index in [9.17, 15) is 13.6 Å². The molecule has 37 heavy (non-hydrogen) atoms. The van der Waals surface area contributed by atoms with Gasteiger partial charge in [-0.05, 0) is 0 Å². The summed E-state index contributed by atoms with van der Waals surface area (Å²) < 4.78 is 35.4. The van der Waals surface area contributed by atoms with Gasteiger partial charge in [-0.1, -0.05) is 0 Å². The number of rotatable bonds is 4. The zero-order valence-corrected chi connectivity index (χ0v) is 24.2. The van der Waals surface area contributed by atoms with Crippen LogP contribution in [0.5, 0.6) is 0 Å². The molecule has 3 aromatic rings. The molecule has 5 rings (SSSR count). The molecule has 0 unspecified atom stereocenters. The van der Waals surface area contributed by atoms with Crippen molar-refractivity contribution in [2.75, 3.05) is 24.7 Å². The van der Waals surface area contributed by atoms with Crippen LogP contribution in [0.15, 0.2) is 54.6 Å². The van der Waals surface area contributed by atoms with Gasteiger partial charge in [0.05, 0.1) is 0 Å². The van der Waals surface area contributed by atoms with Crippen molar-refractivity contribution >= 4 is 74.9 Å². The summed E-state index contributed by atoms with van der Waals surface area (Å²) in [5.74, 6) is -1.32. The van der Waals surface area contributed by atoms with Crippen LogP contribution in [0.4, 0.5) is 14.5 Å². The summed E-state index contributed by atoms with van der Waals surface area (Å²) in [6.45, 7) is 0.534. The summed E-state index contributed by atoms with van der Waals surface area (Å²) >= 11 is 16.1. The van der Waals surface area contributed by atoms with Crippen molar-refractivity contribution in [1.29, 1.82) is 0 Å². The van der Waals surface area contributed by atoms with Crippen molar-refractivity contribution in [3.05, 3.63) is 98.3 Å². The average molecular weight is 676 g/mol. The van der Waals surface area contributed by atoms with Crippen molar-refractivity contribution in [2.24, 2.45) is 0 Å². The molecule has 0 aliphatic carbocycles. The van der Waals surface area contributed by atoms with Gasteiger partial charge in [-0.15, -0.1) is 0 Å². The fourth-order valence-electron chi connectivity index (χ4n) is 5.15. The molecule has 9 heteroatoms. The Labute approximate surface area is 233 Å². The third-order valence-electron chi connectivity index (χ3n) is 7.18. The van der Waals surface area contributed by atoms with E-state index < -0.39 is 29.6 Å². The van der Waals surface area contributed by atoms with Crippen LogP contribution in [0.3, 0.4) is 0 Å². The van der Waals surface area contributed by atoms with Crippen molar-refractivity contribution in [3.8, 4) is 0 Å². The Morgan fingerprint density at radius 1 is 1.05 bits per heavy atom. The van der Waals surface area contributed by atoms with E-state index in [1.807, 2.05) is 18.2 Å². The summed E-state index contributed by atoms with van der Waals surface area (Å²) in [5, 5.41) is 0.956. The number of hydrogen-bond acceptors (Lipinski definition) is 2. The van der Waals surface area contributed by atoms with E-state index in [1.54, 1.807) is 17.0 Å². The number of nitrogens with zero attached hydrogens (tertiary/aromatic N) is 2. The van der Waals surface area contributed by atoms with E-state index in [1.165, 1.54) is 30.3 Å². The number of benzene rings is 2. The van der Waals surface area contributed by atoms with Crippen LogP contribution < -0.4 is 4.90 Å². The van der Waals surface area contributed by atoms with Crippen molar-refractivity contribution in [1.82, 2.24) is 4.98 Å². The van der Waals surface area contributed by atoms with Gasteiger partial charge in [-0.2, -0.15) is 0 Å². The van der Waals surface area contributed by atoms with Crippen molar-refractivity contribution < 1.29 is 13.6 Å². The number of halogens is 6. The monoisotopic (exact) mass is 674 g/mol. The second-order valence-electron chi connectivity index (χ2n) is 9.54. The fourth-order valence-corrected chi connectivity index (χ4v) is 12.9. The van der Waals surface area contributed by atoms with E-state index in [-0.39, 0.29) is 27.2 Å². The first kappa shape index (κ1) is 26.7. The Balaban J connectivity index is 1.37. The van der Waals surface area contributed by atoms with E-state index in [0.717, 1.165) is 37.4 Å². The number of carbonyl (C=O) groups excluding carboxylic acids is 1. The Kier molecular flexibility index (Phi) is 7.48. The molecule has 2 aliphatic rings. The molecule has 1 spiro atoms. The number of anilines is 1. The van der Waals surface area contributed by atoms with Crippen LogP contribution in [-0.2, 0) is 5.41 Å². The minimum atomic E-state index is -2.44. The van der Waals surface area contributed by atoms with Crippen LogP contribution >= 0.6 is 52.8 Å². The standard InChI is InChI=1S/C28H24Cl3F2IN2O/c1-34(11-3-4-20-22(32)5-2-6-23(20)33)12-9-28(10-13-34)17-36(24-8-7-19(29)16-21(24)28)27(37)18-14-25(30)35-26(31)15-18/h2-8,14-16H,1,9-13,17H2/b4-3+. The normalized spacial score (nSPS) is 24.8. The van der Waals surface area contributed by atoms with Crippen LogP contribution in [0.25, 0.3) is 6.08 Å². The summed E-state index contributed by atoms with van der Waals surface area (Å²) in [4.78, 5) is 19.3. The van der Waals surface area contributed by atoms with Gasteiger partial charge in [-0.25, -0.2) is 0 Å². The molecule has 0 bridgehead atoms. The predicted octanol–water partition coefficient (Wildman–Crippen LogP) is 8.20. The van der Waals surface area contributed by atoms with Crippen LogP contribution in [0, 0.1) is 11.6 Å². The molecule has 3 nitrogen and oxygen atoms in total. The fraction of sp³-hybridized carbons (Fsp3) is 0.250. The Morgan fingerprint density at radius 3 is 2.35 bits per heavy atom. The molecule has 1 aromatic heterocycles.